The van der Waals surface area contributed by atoms with E-state index < -0.39 is 14.1 Å². The molecule has 1 fully saturated rings. The van der Waals surface area contributed by atoms with Crippen LogP contribution in [0.2, 0.25) is 5.28 Å². The Kier molecular flexibility index (Phi) is 9.12. The van der Waals surface area contributed by atoms with Crippen molar-refractivity contribution in [1.29, 1.82) is 0 Å². The van der Waals surface area contributed by atoms with Crippen molar-refractivity contribution in [1.82, 2.24) is 0 Å². The molecule has 2 heteroatoms. The summed E-state index contributed by atoms with van der Waals surface area (Å²) >= 11 is -1.59. The van der Waals surface area contributed by atoms with Crippen molar-refractivity contribution in [3.05, 3.63) is 134 Å². The van der Waals surface area contributed by atoms with Crippen LogP contribution >= 0.6 is 0 Å². The molecule has 1 aliphatic rings. The van der Waals surface area contributed by atoms with Crippen molar-refractivity contribution in [2.45, 2.75) is 83.7 Å². The molecule has 39 heavy (non-hydrogen) atoms. The second-order valence-electron chi connectivity index (χ2n) is 12.5. The summed E-state index contributed by atoms with van der Waals surface area (Å²) in [5.41, 5.74) is 15.7. The first kappa shape index (κ1) is 30.0. The summed E-state index contributed by atoms with van der Waals surface area (Å²) in [4.78, 5) is 0. The Morgan fingerprint density at radius 1 is 0.513 bits per heavy atom. The number of rotatable bonds is 4. The Morgan fingerprint density at radius 2 is 0.872 bits per heavy atom. The summed E-state index contributed by atoms with van der Waals surface area (Å²) < 4.78 is 1.61. The fourth-order valence-corrected chi connectivity index (χ4v) is 12.8. The number of hydrogen-bond acceptors (Lipinski definition) is 0. The molecule has 0 radical (unpaired) electrons. The molecule has 0 nitrogen and oxygen atoms in total. The van der Waals surface area contributed by atoms with Gasteiger partial charge < -0.3 is 0 Å². The maximum absolute atomic E-state index is 2.54. The van der Waals surface area contributed by atoms with E-state index in [0.29, 0.717) is 5.92 Å². The molecular weight excluding hydrogens is 478 g/mol. The summed E-state index contributed by atoms with van der Waals surface area (Å²) in [6, 6.07) is 29.6. The molecule has 0 saturated carbocycles. The summed E-state index contributed by atoms with van der Waals surface area (Å²) in [6.45, 7) is 18.2. The number of benzene rings is 4. The van der Waals surface area contributed by atoms with Crippen LogP contribution in [0.25, 0.3) is 0 Å². The molecule has 196 valence electrons. The van der Waals surface area contributed by atoms with Crippen LogP contribution in [0.5, 0.6) is 0 Å². The van der Waals surface area contributed by atoms with Crippen LogP contribution in [0.1, 0.15) is 80.0 Å². The van der Waals surface area contributed by atoms with Gasteiger partial charge in [-0.25, -0.2) is 0 Å². The minimum absolute atomic E-state index is 0. The minimum atomic E-state index is -1.59. The van der Waals surface area contributed by atoms with Crippen LogP contribution in [-0.2, 0) is 4.28 Å². The molecule has 0 aliphatic carbocycles. The fourth-order valence-electron chi connectivity index (χ4n) is 7.90. The van der Waals surface area contributed by atoms with Crippen molar-refractivity contribution in [2.24, 2.45) is 0 Å². The molecule has 1 heterocycles. The molecule has 0 amide bonds. The van der Waals surface area contributed by atoms with Crippen LogP contribution in [0.4, 0.5) is 0 Å². The van der Waals surface area contributed by atoms with E-state index in [1.165, 1.54) is 68.2 Å². The first-order chi connectivity index (χ1) is 18.1. The van der Waals surface area contributed by atoms with Gasteiger partial charge in [0.15, 0.2) is 0 Å². The predicted octanol–water partition coefficient (Wildman–Crippen LogP) is 8.31. The third-order valence-corrected chi connectivity index (χ3v) is 13.1. The summed E-state index contributed by atoms with van der Waals surface area (Å²) in [6.07, 6.45) is 2.54. The number of aryl methyl sites for hydroxylation is 8. The molecule has 5 rings (SSSR count). The maximum atomic E-state index is 2.54. The van der Waals surface area contributed by atoms with Gasteiger partial charge in [0.05, 0.1) is 0 Å². The standard InChI is InChI=1S/C29H34.C8H9.Al.Li.H/c1-8-9-28(25-13-19(2)10-20(3)14-25)29(26-15-21(4)11-22(5)16-26)27-17-23(6)12-24(7)18-27;1-7-4-3-5-8(2)6-7;;;/h10-18,28H,1,8-9H2,2-7H3;4-6H,1-2H3;;;. The van der Waals surface area contributed by atoms with Gasteiger partial charge in [-0.2, -0.15) is 0 Å². The average Bonchev–Trinajstić information content (AvgIpc) is 2.81. The Bertz CT molecular complexity index is 1300. The molecular formula is C37H44AlLi. The van der Waals surface area contributed by atoms with Crippen LogP contribution in [0, 0.1) is 55.4 Å². The third-order valence-electron chi connectivity index (χ3n) is 8.78. The first-order valence-corrected chi connectivity index (χ1v) is 16.4. The SMILES string of the molecule is Cc1cc(C)cc(C2CC[CH2][Al]([c]3cc(C)cc(C)c3)[C]2(c2cc(C)cc(C)c2)c2cc(C)cc(C)c2)c1.[LiH]. The molecule has 1 aliphatic heterocycles. The first-order valence-electron chi connectivity index (χ1n) is 14.4. The molecule has 4 aromatic rings. The van der Waals surface area contributed by atoms with E-state index >= 15 is 0 Å². The van der Waals surface area contributed by atoms with Gasteiger partial charge in [-0.05, 0) is 88.7 Å². The van der Waals surface area contributed by atoms with Crippen molar-refractivity contribution in [2.75, 3.05) is 0 Å². The molecule has 0 spiro atoms. The van der Waals surface area contributed by atoms with E-state index in [4.69, 9.17) is 0 Å². The van der Waals surface area contributed by atoms with Crippen LogP contribution in [0.3, 0.4) is 0 Å². The van der Waals surface area contributed by atoms with E-state index in [-0.39, 0.29) is 23.1 Å². The van der Waals surface area contributed by atoms with E-state index in [1.54, 1.807) is 15.6 Å². The summed E-state index contributed by atoms with van der Waals surface area (Å²) in [5.74, 6) is 0.453. The number of hydrogen-bond donors (Lipinski definition) is 0. The molecule has 0 aromatic heterocycles. The summed E-state index contributed by atoms with van der Waals surface area (Å²) in [7, 11) is 0. The normalized spacial score (nSPS) is 16.6. The topological polar surface area (TPSA) is 0 Å². The molecule has 4 aromatic carbocycles. The molecule has 1 saturated heterocycles. The van der Waals surface area contributed by atoms with Crippen molar-refractivity contribution in [3.63, 3.8) is 0 Å². The summed E-state index contributed by atoms with van der Waals surface area (Å²) in [5, 5.41) is 1.34. The zero-order valence-corrected chi connectivity index (χ0v) is 25.9. The van der Waals surface area contributed by atoms with E-state index in [1.807, 2.05) is 0 Å². The molecule has 0 N–H and O–H groups in total. The van der Waals surface area contributed by atoms with Gasteiger partial charge in [-0.1, -0.05) is 129 Å². The van der Waals surface area contributed by atoms with Gasteiger partial charge in [0.2, 0.25) is 0 Å². The second kappa shape index (κ2) is 11.9. The van der Waals surface area contributed by atoms with Gasteiger partial charge in [-0.15, -0.1) is 4.43 Å². The Hall–Kier alpha value is -1.99. The Labute approximate surface area is 253 Å². The van der Waals surface area contributed by atoms with Crippen LogP contribution < -0.4 is 4.43 Å². The van der Waals surface area contributed by atoms with Gasteiger partial charge in [0.25, 0.3) is 0 Å². The zero-order chi connectivity index (χ0) is 27.2. The van der Waals surface area contributed by atoms with Crippen LogP contribution in [0.15, 0.2) is 72.8 Å². The third kappa shape index (κ3) is 5.90. The van der Waals surface area contributed by atoms with Gasteiger partial charge in [0, 0.05) is 0 Å². The van der Waals surface area contributed by atoms with E-state index in [2.05, 4.69) is 128 Å². The molecule has 1 unspecified atom stereocenters. The monoisotopic (exact) mass is 522 g/mol. The van der Waals surface area contributed by atoms with Gasteiger partial charge in [-0.3, -0.25) is 0 Å². The van der Waals surface area contributed by atoms with E-state index in [9.17, 15) is 0 Å². The Morgan fingerprint density at radius 3 is 1.28 bits per heavy atom. The predicted molar refractivity (Wildman–Crippen MR) is 174 cm³/mol. The zero-order valence-electron chi connectivity index (χ0n) is 24.7. The van der Waals surface area contributed by atoms with E-state index in [0.717, 1.165) is 0 Å². The quantitative estimate of drug-likeness (QED) is 0.237. The van der Waals surface area contributed by atoms with Gasteiger partial charge in [0.1, 0.15) is 0 Å². The van der Waals surface area contributed by atoms with Crippen LogP contribution in [-0.4, -0.2) is 33.0 Å². The molecule has 0 bridgehead atoms. The van der Waals surface area contributed by atoms with Gasteiger partial charge >= 0.3 is 33.0 Å². The van der Waals surface area contributed by atoms with Crippen molar-refractivity contribution >= 4 is 37.4 Å². The molecule has 1 atom stereocenters. The fraction of sp³-hybridized carbons (Fsp3) is 0.351. The Balaban J connectivity index is 0.00000353. The van der Waals surface area contributed by atoms with Crippen molar-refractivity contribution < 1.29 is 0 Å². The van der Waals surface area contributed by atoms with Crippen molar-refractivity contribution in [3.8, 4) is 0 Å². The average molecular weight is 523 g/mol. The second-order valence-corrected chi connectivity index (χ2v) is 15.8.